The summed E-state index contributed by atoms with van der Waals surface area (Å²) in [6, 6.07) is 9.69. The predicted molar refractivity (Wildman–Crippen MR) is 61.1 cm³/mol. The van der Waals surface area contributed by atoms with Gasteiger partial charge in [-0.2, -0.15) is 0 Å². The van der Waals surface area contributed by atoms with E-state index < -0.39 is 6.29 Å². The molecule has 88 valence electrons. The van der Waals surface area contributed by atoms with Crippen LogP contribution in [0.15, 0.2) is 30.3 Å². The highest BCUT2D eigenvalue weighted by molar-refractivity contribution is 5.22. The van der Waals surface area contributed by atoms with Crippen molar-refractivity contribution in [3.05, 3.63) is 30.3 Å². The van der Waals surface area contributed by atoms with Crippen molar-refractivity contribution >= 4 is 0 Å². The lowest BCUT2D eigenvalue weighted by Gasteiger charge is -2.10. The molecule has 1 aliphatic rings. The van der Waals surface area contributed by atoms with Crippen LogP contribution in [0.25, 0.3) is 0 Å². The van der Waals surface area contributed by atoms with E-state index in [9.17, 15) is 5.11 Å². The van der Waals surface area contributed by atoms with Crippen molar-refractivity contribution in [2.75, 3.05) is 6.61 Å². The molecule has 0 radical (unpaired) electrons. The first-order chi connectivity index (χ1) is 7.74. The van der Waals surface area contributed by atoms with Gasteiger partial charge in [0.2, 0.25) is 0 Å². The van der Waals surface area contributed by atoms with Crippen LogP contribution in [0.3, 0.4) is 0 Å². The predicted octanol–water partition coefficient (Wildman–Crippen LogP) is 2.05. The summed E-state index contributed by atoms with van der Waals surface area (Å²) >= 11 is 0. The van der Waals surface area contributed by atoms with Gasteiger partial charge in [-0.15, -0.1) is 0 Å². The van der Waals surface area contributed by atoms with E-state index in [4.69, 9.17) is 9.47 Å². The van der Waals surface area contributed by atoms with Crippen LogP contribution in [-0.2, 0) is 4.74 Å². The maximum Gasteiger partial charge on any atom is 0.161 e. The van der Waals surface area contributed by atoms with Crippen LogP contribution in [0.5, 0.6) is 5.75 Å². The Morgan fingerprint density at radius 1 is 1.31 bits per heavy atom. The fourth-order valence-corrected chi connectivity index (χ4v) is 2.00. The molecule has 1 N–H and O–H groups in total. The summed E-state index contributed by atoms with van der Waals surface area (Å²) in [7, 11) is 0. The topological polar surface area (TPSA) is 38.7 Å². The summed E-state index contributed by atoms with van der Waals surface area (Å²) in [5, 5.41) is 9.71. The Morgan fingerprint density at radius 3 is 2.62 bits per heavy atom. The van der Waals surface area contributed by atoms with Gasteiger partial charge in [0.15, 0.2) is 6.29 Å². The zero-order valence-corrected chi connectivity index (χ0v) is 9.67. The van der Waals surface area contributed by atoms with E-state index in [1.807, 2.05) is 37.3 Å². The van der Waals surface area contributed by atoms with Gasteiger partial charge in [0, 0.05) is 12.5 Å². The van der Waals surface area contributed by atoms with Crippen molar-refractivity contribution in [3.8, 4) is 5.75 Å². The summed E-state index contributed by atoms with van der Waals surface area (Å²) in [6.45, 7) is 4.48. The number of ether oxygens (including phenoxy) is 2. The standard InChI is InChI=1S/C13H18O3/c1-3-15-13(14)11-9(2)12(11)16-10-7-5-4-6-8-10/h4-9,11-14H,3H2,1-2H3/t9-,11+,12-,13+/m0/s1. The van der Waals surface area contributed by atoms with Gasteiger partial charge >= 0.3 is 0 Å². The third kappa shape index (κ3) is 2.36. The van der Waals surface area contributed by atoms with Crippen molar-refractivity contribution in [1.82, 2.24) is 0 Å². The maximum atomic E-state index is 9.71. The molecular formula is C13H18O3. The Labute approximate surface area is 96.0 Å². The van der Waals surface area contributed by atoms with Crippen molar-refractivity contribution in [3.63, 3.8) is 0 Å². The molecule has 16 heavy (non-hydrogen) atoms. The smallest absolute Gasteiger partial charge is 0.161 e. The van der Waals surface area contributed by atoms with Crippen LogP contribution in [0.1, 0.15) is 13.8 Å². The fraction of sp³-hybridized carbons (Fsp3) is 0.538. The van der Waals surface area contributed by atoms with Crippen molar-refractivity contribution in [2.45, 2.75) is 26.2 Å². The second-order valence-electron chi connectivity index (χ2n) is 4.18. The summed E-state index contributed by atoms with van der Waals surface area (Å²) in [5.74, 6) is 1.30. The van der Waals surface area contributed by atoms with E-state index in [1.54, 1.807) is 0 Å². The van der Waals surface area contributed by atoms with E-state index in [2.05, 4.69) is 6.92 Å². The molecule has 0 aliphatic heterocycles. The first-order valence-corrected chi connectivity index (χ1v) is 5.75. The first-order valence-electron chi connectivity index (χ1n) is 5.75. The number of hydrogen-bond donors (Lipinski definition) is 1. The normalized spacial score (nSPS) is 29.8. The summed E-state index contributed by atoms with van der Waals surface area (Å²) in [6.07, 6.45) is -0.627. The Balaban J connectivity index is 1.89. The van der Waals surface area contributed by atoms with Crippen LogP contribution < -0.4 is 4.74 Å². The van der Waals surface area contributed by atoms with Gasteiger partial charge in [0.05, 0.1) is 5.92 Å². The molecule has 0 aromatic heterocycles. The van der Waals surface area contributed by atoms with E-state index in [0.717, 1.165) is 5.75 Å². The second kappa shape index (κ2) is 4.85. The molecule has 1 aromatic carbocycles. The molecule has 0 unspecified atom stereocenters. The molecule has 1 fully saturated rings. The Kier molecular flexibility index (Phi) is 3.46. The second-order valence-corrected chi connectivity index (χ2v) is 4.18. The lowest BCUT2D eigenvalue weighted by molar-refractivity contribution is -0.115. The maximum absolute atomic E-state index is 9.71. The lowest BCUT2D eigenvalue weighted by Crippen LogP contribution is -2.18. The van der Waals surface area contributed by atoms with E-state index in [-0.39, 0.29) is 12.0 Å². The number of aliphatic hydroxyl groups excluding tert-OH is 1. The van der Waals surface area contributed by atoms with Gasteiger partial charge in [-0.25, -0.2) is 0 Å². The largest absolute Gasteiger partial charge is 0.490 e. The van der Waals surface area contributed by atoms with Crippen LogP contribution in [0.2, 0.25) is 0 Å². The lowest BCUT2D eigenvalue weighted by atomic mass is 10.3. The van der Waals surface area contributed by atoms with Gasteiger partial charge in [-0.05, 0) is 19.1 Å². The van der Waals surface area contributed by atoms with Crippen LogP contribution >= 0.6 is 0 Å². The summed E-state index contributed by atoms with van der Waals surface area (Å²) in [4.78, 5) is 0. The molecule has 4 atom stereocenters. The molecule has 0 amide bonds. The average Bonchev–Trinajstić information content (AvgIpc) is 2.91. The number of benzene rings is 1. The van der Waals surface area contributed by atoms with E-state index in [0.29, 0.717) is 12.5 Å². The molecule has 0 heterocycles. The van der Waals surface area contributed by atoms with Gasteiger partial charge in [0.25, 0.3) is 0 Å². The molecule has 0 bridgehead atoms. The minimum atomic E-state index is -0.700. The highest BCUT2D eigenvalue weighted by Gasteiger charge is 2.54. The van der Waals surface area contributed by atoms with E-state index in [1.165, 1.54) is 0 Å². The summed E-state index contributed by atoms with van der Waals surface area (Å²) in [5.41, 5.74) is 0. The molecular weight excluding hydrogens is 204 g/mol. The van der Waals surface area contributed by atoms with Crippen molar-refractivity contribution in [1.29, 1.82) is 0 Å². The molecule has 1 aliphatic carbocycles. The Hall–Kier alpha value is -1.06. The van der Waals surface area contributed by atoms with Crippen LogP contribution in [-0.4, -0.2) is 24.1 Å². The highest BCUT2D eigenvalue weighted by Crippen LogP contribution is 2.44. The Bertz CT molecular complexity index is 325. The van der Waals surface area contributed by atoms with Gasteiger partial charge < -0.3 is 14.6 Å². The van der Waals surface area contributed by atoms with Crippen LogP contribution in [0, 0.1) is 11.8 Å². The first kappa shape index (κ1) is 11.4. The molecule has 3 nitrogen and oxygen atoms in total. The van der Waals surface area contributed by atoms with Gasteiger partial charge in [0.1, 0.15) is 11.9 Å². The highest BCUT2D eigenvalue weighted by atomic mass is 16.6. The monoisotopic (exact) mass is 222 g/mol. The van der Waals surface area contributed by atoms with Gasteiger partial charge in [-0.3, -0.25) is 0 Å². The quantitative estimate of drug-likeness (QED) is 0.775. The average molecular weight is 222 g/mol. The third-order valence-electron chi connectivity index (χ3n) is 3.05. The minimum absolute atomic E-state index is 0.0731. The molecule has 0 spiro atoms. The van der Waals surface area contributed by atoms with Crippen LogP contribution in [0.4, 0.5) is 0 Å². The SMILES string of the molecule is CCO[C@@H](O)[C@@H]1[C@H](C)[C@@H]1Oc1ccccc1. The number of para-hydroxylation sites is 1. The fourth-order valence-electron chi connectivity index (χ4n) is 2.00. The van der Waals surface area contributed by atoms with Crippen molar-refractivity contribution in [2.24, 2.45) is 11.8 Å². The number of hydrogen-bond acceptors (Lipinski definition) is 3. The molecule has 1 saturated carbocycles. The molecule has 0 saturated heterocycles. The number of aliphatic hydroxyl groups is 1. The number of rotatable bonds is 5. The summed E-state index contributed by atoms with van der Waals surface area (Å²) < 4.78 is 11.0. The molecule has 1 aromatic rings. The Morgan fingerprint density at radius 2 is 2.00 bits per heavy atom. The molecule has 2 rings (SSSR count). The molecule has 3 heteroatoms. The van der Waals surface area contributed by atoms with Crippen molar-refractivity contribution < 1.29 is 14.6 Å². The zero-order chi connectivity index (χ0) is 11.5. The van der Waals surface area contributed by atoms with Gasteiger partial charge in [-0.1, -0.05) is 25.1 Å². The third-order valence-corrected chi connectivity index (χ3v) is 3.05. The zero-order valence-electron chi connectivity index (χ0n) is 9.67. The van der Waals surface area contributed by atoms with E-state index >= 15 is 0 Å². The minimum Gasteiger partial charge on any atom is -0.490 e.